The van der Waals surface area contributed by atoms with E-state index in [0.717, 1.165) is 9.47 Å². The predicted molar refractivity (Wildman–Crippen MR) is 53.9 cm³/mol. The highest BCUT2D eigenvalue weighted by atomic mass is 19.4. The highest BCUT2D eigenvalue weighted by Gasteiger charge is 2.91. The molecule has 0 aromatic rings. The van der Waals surface area contributed by atoms with Gasteiger partial charge in [-0.1, -0.05) is 0 Å². The summed E-state index contributed by atoms with van der Waals surface area (Å²) in [5, 5.41) is 0. The SMILES string of the molecule is FC(F)(F)C(F)(F)OC(OC(F)(F)C(F)(F)C(F)(F)C(F)(F)C(F)(F)F)(C(F)(F)F)C(F)(F)F. The van der Waals surface area contributed by atoms with E-state index in [1.54, 1.807) is 0 Å². The molecule has 206 valence electrons. The van der Waals surface area contributed by atoms with Crippen molar-refractivity contribution in [2.45, 2.75) is 60.5 Å². The van der Waals surface area contributed by atoms with Crippen LogP contribution in [0.2, 0.25) is 0 Å². The summed E-state index contributed by atoms with van der Waals surface area (Å²) in [6, 6.07) is 0. The van der Waals surface area contributed by atoms with Crippen LogP contribution in [0.5, 0.6) is 0 Å². The fraction of sp³-hybridized carbons (Fsp3) is 1.00. The lowest BCUT2D eigenvalue weighted by Gasteiger charge is -2.43. The minimum atomic E-state index is -8.84. The molecule has 0 heterocycles. The second kappa shape index (κ2) is 7.94. The summed E-state index contributed by atoms with van der Waals surface area (Å²) < 4.78 is 279. The van der Waals surface area contributed by atoms with Gasteiger partial charge in [-0.05, 0) is 0 Å². The zero-order valence-electron chi connectivity index (χ0n) is 14.1. The molecule has 0 fully saturated rings. The third-order valence-corrected chi connectivity index (χ3v) is 3.13. The molecule has 0 atom stereocenters. The first-order valence-corrected chi connectivity index (χ1v) is 6.72. The van der Waals surface area contributed by atoms with Crippen LogP contribution in [0.3, 0.4) is 0 Å². The fourth-order valence-electron chi connectivity index (χ4n) is 1.45. The Labute approximate surface area is 168 Å². The molecule has 0 saturated carbocycles. The van der Waals surface area contributed by atoms with Crippen molar-refractivity contribution in [2.75, 3.05) is 0 Å². The molecule has 0 aliphatic carbocycles. The van der Waals surface area contributed by atoms with Crippen molar-refractivity contribution in [3.05, 3.63) is 0 Å². The summed E-state index contributed by atoms with van der Waals surface area (Å²) >= 11 is 0. The van der Waals surface area contributed by atoms with Gasteiger partial charge in [-0.3, -0.25) is 9.47 Å². The van der Waals surface area contributed by atoms with Crippen molar-refractivity contribution in [1.29, 1.82) is 0 Å². The Morgan fingerprint density at radius 1 is 0.265 bits per heavy atom. The topological polar surface area (TPSA) is 18.5 Å². The summed E-state index contributed by atoms with van der Waals surface area (Å²) in [6.07, 6.45) is -49.0. The van der Waals surface area contributed by atoms with Gasteiger partial charge in [-0.15, -0.1) is 0 Å². The van der Waals surface area contributed by atoms with Crippen LogP contribution in [0.25, 0.3) is 0 Å². The second-order valence-electron chi connectivity index (χ2n) is 5.57. The van der Waals surface area contributed by atoms with Gasteiger partial charge in [0, 0.05) is 0 Å². The average Bonchev–Trinajstić information content (AvgIpc) is 2.48. The lowest BCUT2D eigenvalue weighted by Crippen LogP contribution is -2.72. The monoisotopic (exact) mass is 570 g/mol. The Bertz CT molecular complexity index is 704. The van der Waals surface area contributed by atoms with Gasteiger partial charge < -0.3 is 0 Å². The highest BCUT2D eigenvalue weighted by Crippen LogP contribution is 2.61. The minimum absolute atomic E-state index is 1.03. The molecular formula is C10F22O2. The van der Waals surface area contributed by atoms with Crippen LogP contribution in [-0.4, -0.2) is 60.5 Å². The standard InChI is InChI=1S/C10F22O2/c11-1(12,2(13,14)5(17,18)19)3(15,16)9(29,30)33-4(6(20,21)22,7(23,24)25)34-10(31,32)8(26,27)28. The zero-order chi connectivity index (χ0) is 28.4. The van der Waals surface area contributed by atoms with Crippen LogP contribution < -0.4 is 0 Å². The van der Waals surface area contributed by atoms with Gasteiger partial charge >= 0.3 is 60.5 Å². The summed E-state index contributed by atoms with van der Waals surface area (Å²) in [6.45, 7) is 0. The van der Waals surface area contributed by atoms with Crippen molar-refractivity contribution >= 4 is 0 Å². The highest BCUT2D eigenvalue weighted by molar-refractivity contribution is 5.05. The van der Waals surface area contributed by atoms with Crippen molar-refractivity contribution in [2.24, 2.45) is 0 Å². The normalized spacial score (nSPS) is 16.8. The van der Waals surface area contributed by atoms with Crippen LogP contribution in [0, 0.1) is 0 Å². The van der Waals surface area contributed by atoms with Gasteiger partial charge in [0.2, 0.25) is 0 Å². The van der Waals surface area contributed by atoms with E-state index in [9.17, 15) is 96.6 Å². The summed E-state index contributed by atoms with van der Waals surface area (Å²) in [7, 11) is 0. The summed E-state index contributed by atoms with van der Waals surface area (Å²) in [5.41, 5.74) is 0. The number of alkyl halides is 22. The number of hydrogen-bond acceptors (Lipinski definition) is 2. The Morgan fingerprint density at radius 3 is 0.794 bits per heavy atom. The van der Waals surface area contributed by atoms with Crippen molar-refractivity contribution in [1.82, 2.24) is 0 Å². The van der Waals surface area contributed by atoms with Crippen molar-refractivity contribution in [3.63, 3.8) is 0 Å². The number of hydrogen-bond donors (Lipinski definition) is 0. The molecule has 0 saturated heterocycles. The van der Waals surface area contributed by atoms with E-state index in [2.05, 4.69) is 0 Å². The van der Waals surface area contributed by atoms with E-state index in [1.807, 2.05) is 0 Å². The molecule has 0 amide bonds. The first-order chi connectivity index (χ1) is 14.2. The molecule has 0 unspecified atom stereocenters. The zero-order valence-corrected chi connectivity index (χ0v) is 14.1. The molecule has 0 rings (SSSR count). The van der Waals surface area contributed by atoms with E-state index in [1.165, 1.54) is 0 Å². The minimum Gasteiger partial charge on any atom is -0.266 e. The van der Waals surface area contributed by atoms with Crippen LogP contribution in [0.15, 0.2) is 0 Å². The van der Waals surface area contributed by atoms with Gasteiger partial charge in [0.05, 0.1) is 0 Å². The largest absolute Gasteiger partial charge is 0.483 e. The molecule has 0 aromatic heterocycles. The molecule has 0 bridgehead atoms. The first kappa shape index (κ1) is 32.4. The van der Waals surface area contributed by atoms with Crippen LogP contribution in [-0.2, 0) is 9.47 Å². The Hall–Kier alpha value is -1.62. The van der Waals surface area contributed by atoms with Gasteiger partial charge in [0.15, 0.2) is 0 Å². The lowest BCUT2D eigenvalue weighted by atomic mass is 10.0. The van der Waals surface area contributed by atoms with Crippen LogP contribution in [0.4, 0.5) is 96.6 Å². The van der Waals surface area contributed by atoms with Gasteiger partial charge in [-0.25, -0.2) is 0 Å². The lowest BCUT2D eigenvalue weighted by molar-refractivity contribution is -0.584. The molecule has 0 aliphatic heterocycles. The molecule has 0 radical (unpaired) electrons. The van der Waals surface area contributed by atoms with Gasteiger partial charge in [-0.2, -0.15) is 96.6 Å². The van der Waals surface area contributed by atoms with Crippen LogP contribution in [0.1, 0.15) is 0 Å². The Balaban J connectivity index is 7.12. The quantitative estimate of drug-likeness (QED) is 0.241. The average molecular weight is 570 g/mol. The summed E-state index contributed by atoms with van der Waals surface area (Å²) in [4.78, 5) is 0. The molecule has 0 aromatic carbocycles. The van der Waals surface area contributed by atoms with Crippen molar-refractivity contribution < 1.29 is 106 Å². The van der Waals surface area contributed by atoms with Crippen LogP contribution >= 0.6 is 0 Å². The third kappa shape index (κ3) is 4.87. The molecule has 2 nitrogen and oxygen atoms in total. The van der Waals surface area contributed by atoms with E-state index < -0.39 is 60.5 Å². The van der Waals surface area contributed by atoms with E-state index >= 15 is 0 Å². The molecular weight excluding hydrogens is 570 g/mol. The second-order valence-corrected chi connectivity index (χ2v) is 5.57. The Kier molecular flexibility index (Phi) is 7.57. The van der Waals surface area contributed by atoms with Gasteiger partial charge in [0.25, 0.3) is 0 Å². The Morgan fingerprint density at radius 2 is 0.559 bits per heavy atom. The smallest absolute Gasteiger partial charge is 0.266 e. The first-order valence-electron chi connectivity index (χ1n) is 6.72. The maximum atomic E-state index is 13.3. The third-order valence-electron chi connectivity index (χ3n) is 3.13. The maximum absolute atomic E-state index is 13.3. The maximum Gasteiger partial charge on any atom is 0.483 e. The molecule has 34 heavy (non-hydrogen) atoms. The molecule has 0 N–H and O–H groups in total. The number of rotatable bonds is 7. The molecule has 0 spiro atoms. The van der Waals surface area contributed by atoms with Gasteiger partial charge in [0.1, 0.15) is 0 Å². The van der Waals surface area contributed by atoms with E-state index in [4.69, 9.17) is 0 Å². The summed E-state index contributed by atoms with van der Waals surface area (Å²) in [5.74, 6) is -34.3. The number of ether oxygens (including phenoxy) is 2. The molecule has 24 heteroatoms. The fourth-order valence-corrected chi connectivity index (χ4v) is 1.45. The molecule has 0 aliphatic rings. The predicted octanol–water partition coefficient (Wildman–Crippen LogP) is 7.06. The van der Waals surface area contributed by atoms with E-state index in [0.29, 0.717) is 0 Å². The number of halogens is 22. The van der Waals surface area contributed by atoms with E-state index in [-0.39, 0.29) is 0 Å². The van der Waals surface area contributed by atoms with Crippen molar-refractivity contribution in [3.8, 4) is 0 Å².